The number of hydrogen-bond donors (Lipinski definition) is 6. The summed E-state index contributed by atoms with van der Waals surface area (Å²) < 4.78 is -0.403. The SMILES string of the molecule is NCC[NH][Zr]([CH2]C(=O)O)([CH2]C(=O)O)([CH2]C(=O)O)[CH2]C(=O)O. The van der Waals surface area contributed by atoms with E-state index in [1.165, 1.54) is 0 Å². The fourth-order valence-electron chi connectivity index (χ4n) is 2.64. The first-order valence-corrected chi connectivity index (χ1v) is 14.2. The van der Waals surface area contributed by atoms with Gasteiger partial charge in [-0.3, -0.25) is 0 Å². The van der Waals surface area contributed by atoms with E-state index in [-0.39, 0.29) is 13.1 Å². The molecule has 0 aromatic carbocycles. The van der Waals surface area contributed by atoms with Crippen LogP contribution in [0.3, 0.4) is 0 Å². The number of nitrogens with two attached hydrogens (primary N) is 1. The summed E-state index contributed by atoms with van der Waals surface area (Å²) in [5.41, 5.74) is 5.30. The monoisotopic (exact) mass is 385 g/mol. The van der Waals surface area contributed by atoms with Crippen LogP contribution >= 0.6 is 0 Å². The number of carboxylic acids is 4. The Morgan fingerprint density at radius 3 is 1.24 bits per heavy atom. The van der Waals surface area contributed by atoms with Crippen LogP contribution in [0.1, 0.15) is 0 Å². The third-order valence-electron chi connectivity index (χ3n) is 3.23. The van der Waals surface area contributed by atoms with Crippen molar-refractivity contribution in [2.75, 3.05) is 13.1 Å². The summed E-state index contributed by atoms with van der Waals surface area (Å²) in [7, 11) is 0. The average molecular weight is 386 g/mol. The van der Waals surface area contributed by atoms with Gasteiger partial charge < -0.3 is 0 Å². The van der Waals surface area contributed by atoms with Crippen molar-refractivity contribution in [2.45, 2.75) is 16.5 Å². The first-order chi connectivity index (χ1) is 9.54. The standard InChI is InChI=1S/C2H7N2.4C2H3O2.Zr/c3-1-2-4;4*1-2(3)4;/h3H,1-2,4H2;4*1H2,(H,3,4);/q-1;;;;;+1. The number of rotatable bonds is 11. The van der Waals surface area contributed by atoms with Crippen LogP contribution in [-0.4, -0.2) is 57.4 Å². The first-order valence-electron chi connectivity index (χ1n) is 6.05. The molecule has 0 fully saturated rings. The zero-order valence-electron chi connectivity index (χ0n) is 11.2. The van der Waals surface area contributed by atoms with Gasteiger partial charge in [-0.05, 0) is 0 Å². The molecule has 0 spiro atoms. The molecule has 0 aliphatic heterocycles. The third kappa shape index (κ3) is 6.32. The first kappa shape index (κ1) is 19.7. The van der Waals surface area contributed by atoms with Crippen molar-refractivity contribution in [3.05, 3.63) is 0 Å². The number of carboxylic acid groups (broad SMARTS) is 4. The van der Waals surface area contributed by atoms with Gasteiger partial charge in [0.1, 0.15) is 0 Å². The molecule has 0 atom stereocenters. The fraction of sp³-hybridized carbons (Fsp3) is 0.600. The van der Waals surface area contributed by atoms with E-state index in [0.717, 1.165) is 0 Å². The molecule has 0 aliphatic carbocycles. The summed E-state index contributed by atoms with van der Waals surface area (Å²) in [5, 5.41) is 36.2. The Morgan fingerprint density at radius 1 is 0.762 bits per heavy atom. The number of hydrogen-bond acceptors (Lipinski definition) is 6. The average Bonchev–Trinajstić information content (AvgIpc) is 2.21. The van der Waals surface area contributed by atoms with Gasteiger partial charge in [0.05, 0.1) is 0 Å². The molecule has 0 unspecified atom stereocenters. The van der Waals surface area contributed by atoms with Crippen LogP contribution < -0.4 is 8.99 Å². The van der Waals surface area contributed by atoms with E-state index in [2.05, 4.69) is 3.26 Å². The van der Waals surface area contributed by atoms with E-state index < -0.39 is 59.5 Å². The molecule has 0 aliphatic rings. The molecule has 0 aromatic rings. The number of nitrogens with one attached hydrogen (secondary N) is 1. The summed E-state index contributed by atoms with van der Waals surface area (Å²) in [5.74, 6) is -5.69. The van der Waals surface area contributed by atoms with E-state index in [4.69, 9.17) is 26.2 Å². The van der Waals surface area contributed by atoms with E-state index in [0.29, 0.717) is 0 Å². The van der Waals surface area contributed by atoms with Crippen molar-refractivity contribution in [1.29, 1.82) is 0 Å². The topological polar surface area (TPSA) is 187 Å². The molecule has 10 nitrogen and oxygen atoms in total. The van der Waals surface area contributed by atoms with Gasteiger partial charge in [-0.25, -0.2) is 0 Å². The molecule has 11 heteroatoms. The Morgan fingerprint density at radius 2 is 1.05 bits per heavy atom. The van der Waals surface area contributed by atoms with E-state index in [9.17, 15) is 19.2 Å². The van der Waals surface area contributed by atoms with Crippen molar-refractivity contribution in [3.8, 4) is 0 Å². The molecule has 0 amide bonds. The van der Waals surface area contributed by atoms with Gasteiger partial charge in [-0.2, -0.15) is 0 Å². The van der Waals surface area contributed by atoms with Gasteiger partial charge >= 0.3 is 121 Å². The number of carbonyl (C=O) groups is 4. The fourth-order valence-corrected chi connectivity index (χ4v) is 15.6. The van der Waals surface area contributed by atoms with Crippen molar-refractivity contribution in [3.63, 3.8) is 0 Å². The molecular formula is C10H19N2O8Zr. The van der Waals surface area contributed by atoms with Crippen LogP contribution in [-0.2, 0) is 38.3 Å². The Kier molecular flexibility index (Phi) is 7.15. The summed E-state index contributed by atoms with van der Waals surface area (Å²) in [4.78, 5) is 44.5. The quantitative estimate of drug-likeness (QED) is 0.261. The third-order valence-corrected chi connectivity index (χ3v) is 18.4. The predicted molar refractivity (Wildman–Crippen MR) is 66.8 cm³/mol. The van der Waals surface area contributed by atoms with Crippen molar-refractivity contribution < 1.29 is 58.7 Å². The summed E-state index contributed by atoms with van der Waals surface area (Å²) >= 11 is -5.42. The normalized spacial score (nSPS) is 13.1. The van der Waals surface area contributed by atoms with Gasteiger partial charge in [-0.15, -0.1) is 0 Å². The Balaban J connectivity index is 6.04. The maximum absolute atomic E-state index is 11.1. The zero-order valence-corrected chi connectivity index (χ0v) is 13.7. The Bertz CT molecular complexity index is 377. The molecule has 21 heavy (non-hydrogen) atoms. The Hall–Kier alpha value is -1.32. The second kappa shape index (κ2) is 7.62. The molecule has 0 saturated carbocycles. The second-order valence-electron chi connectivity index (χ2n) is 5.20. The van der Waals surface area contributed by atoms with Gasteiger partial charge in [-0.1, -0.05) is 0 Å². The van der Waals surface area contributed by atoms with Gasteiger partial charge in [0.2, 0.25) is 0 Å². The van der Waals surface area contributed by atoms with Gasteiger partial charge in [0.25, 0.3) is 0 Å². The van der Waals surface area contributed by atoms with Crippen LogP contribution in [0.4, 0.5) is 0 Å². The maximum atomic E-state index is 11.1. The van der Waals surface area contributed by atoms with Gasteiger partial charge in [0, 0.05) is 0 Å². The van der Waals surface area contributed by atoms with Crippen LogP contribution in [0.2, 0.25) is 16.5 Å². The molecule has 0 heterocycles. The summed E-state index contributed by atoms with van der Waals surface area (Å²) in [6.07, 6.45) is 0. The second-order valence-corrected chi connectivity index (χ2v) is 20.4. The molecular weight excluding hydrogens is 367 g/mol. The molecule has 0 bridgehead atoms. The Labute approximate surface area is 121 Å². The molecule has 121 valence electrons. The van der Waals surface area contributed by atoms with Gasteiger partial charge in [0.15, 0.2) is 0 Å². The summed E-state index contributed by atoms with van der Waals surface area (Å²) in [6, 6.07) is 0. The van der Waals surface area contributed by atoms with Crippen LogP contribution in [0.15, 0.2) is 0 Å². The van der Waals surface area contributed by atoms with Crippen molar-refractivity contribution in [2.24, 2.45) is 5.73 Å². The van der Waals surface area contributed by atoms with E-state index in [1.54, 1.807) is 0 Å². The molecule has 0 aromatic heterocycles. The zero-order chi connectivity index (χ0) is 16.7. The van der Waals surface area contributed by atoms with Crippen LogP contribution in [0, 0.1) is 0 Å². The van der Waals surface area contributed by atoms with E-state index >= 15 is 0 Å². The van der Waals surface area contributed by atoms with Crippen LogP contribution in [0.25, 0.3) is 0 Å². The van der Waals surface area contributed by atoms with Crippen molar-refractivity contribution in [1.82, 2.24) is 3.26 Å². The van der Waals surface area contributed by atoms with Crippen LogP contribution in [0.5, 0.6) is 0 Å². The number of aliphatic carboxylic acids is 4. The molecule has 7 N–H and O–H groups in total. The van der Waals surface area contributed by atoms with Crippen molar-refractivity contribution >= 4 is 23.9 Å². The summed E-state index contributed by atoms with van der Waals surface area (Å²) in [6.45, 7) is -0.0330. The minimum atomic E-state index is -5.42. The molecule has 0 radical (unpaired) electrons. The predicted octanol–water partition coefficient (Wildman–Crippen LogP) is -0.849. The van der Waals surface area contributed by atoms with E-state index in [1.807, 2.05) is 0 Å². The minimum absolute atomic E-state index is 0.00229. The molecule has 0 rings (SSSR count). The molecule has 0 saturated heterocycles.